The van der Waals surface area contributed by atoms with Crippen molar-refractivity contribution in [3.63, 3.8) is 0 Å². The summed E-state index contributed by atoms with van der Waals surface area (Å²) in [6, 6.07) is 10.7. The largest absolute Gasteiger partial charge is 0.353 e. The molecule has 3 aromatic rings. The molecule has 7 heteroatoms. The quantitative estimate of drug-likeness (QED) is 0.577. The number of aromatic nitrogens is 4. The SMILES string of the molecule is Cc1ccc(-c2cc(N3CCN(c4nnc(C5CCCCC5)s4)CC3)nc(C)n2)cc1. The van der Waals surface area contributed by atoms with Gasteiger partial charge in [0.2, 0.25) is 5.13 Å². The summed E-state index contributed by atoms with van der Waals surface area (Å²) in [7, 11) is 0. The molecule has 2 fully saturated rings. The molecule has 1 saturated carbocycles. The zero-order chi connectivity index (χ0) is 21.2. The Morgan fingerprint density at radius 1 is 0.839 bits per heavy atom. The molecule has 1 saturated heterocycles. The van der Waals surface area contributed by atoms with Crippen molar-refractivity contribution in [3.05, 3.63) is 46.7 Å². The molecule has 0 N–H and O–H groups in total. The third-order valence-corrected chi connectivity index (χ3v) is 7.58. The van der Waals surface area contributed by atoms with Crippen molar-refractivity contribution in [2.24, 2.45) is 0 Å². The van der Waals surface area contributed by atoms with Gasteiger partial charge in [0.1, 0.15) is 16.6 Å². The Balaban J connectivity index is 1.26. The standard InChI is InChI=1S/C24H30N6S/c1-17-8-10-19(11-9-17)21-16-22(26-18(2)25-21)29-12-14-30(15-13-29)24-28-27-23(31-24)20-6-4-3-5-7-20/h8-11,16,20H,3-7,12-15H2,1-2H3. The van der Waals surface area contributed by atoms with Crippen molar-refractivity contribution >= 4 is 22.3 Å². The van der Waals surface area contributed by atoms with Crippen LogP contribution in [0.3, 0.4) is 0 Å². The average molecular weight is 435 g/mol. The van der Waals surface area contributed by atoms with Gasteiger partial charge in [0.15, 0.2) is 0 Å². The minimum Gasteiger partial charge on any atom is -0.353 e. The maximum Gasteiger partial charge on any atom is 0.208 e. The highest BCUT2D eigenvalue weighted by Crippen LogP contribution is 2.36. The van der Waals surface area contributed by atoms with Gasteiger partial charge in [-0.3, -0.25) is 0 Å². The fourth-order valence-corrected chi connectivity index (χ4v) is 5.65. The van der Waals surface area contributed by atoms with Crippen molar-refractivity contribution in [1.82, 2.24) is 20.2 Å². The van der Waals surface area contributed by atoms with Gasteiger partial charge in [-0.25, -0.2) is 9.97 Å². The Morgan fingerprint density at radius 2 is 1.55 bits per heavy atom. The van der Waals surface area contributed by atoms with E-state index in [0.29, 0.717) is 5.92 Å². The van der Waals surface area contributed by atoms with E-state index in [-0.39, 0.29) is 0 Å². The van der Waals surface area contributed by atoms with E-state index in [4.69, 9.17) is 4.98 Å². The fourth-order valence-electron chi connectivity index (χ4n) is 4.58. The predicted molar refractivity (Wildman–Crippen MR) is 127 cm³/mol. The molecular weight excluding hydrogens is 404 g/mol. The first kappa shape index (κ1) is 20.4. The van der Waals surface area contributed by atoms with Crippen LogP contribution in [0.15, 0.2) is 30.3 Å². The predicted octanol–water partition coefficient (Wildman–Crippen LogP) is 4.99. The van der Waals surface area contributed by atoms with E-state index in [1.807, 2.05) is 6.92 Å². The Bertz CT molecular complexity index is 1020. The highest BCUT2D eigenvalue weighted by atomic mass is 32.1. The van der Waals surface area contributed by atoms with Gasteiger partial charge in [0, 0.05) is 43.7 Å². The van der Waals surface area contributed by atoms with Crippen LogP contribution in [0, 0.1) is 13.8 Å². The summed E-state index contributed by atoms with van der Waals surface area (Å²) < 4.78 is 0. The van der Waals surface area contributed by atoms with Gasteiger partial charge in [-0.2, -0.15) is 0 Å². The van der Waals surface area contributed by atoms with Crippen LogP contribution in [0.1, 0.15) is 54.4 Å². The van der Waals surface area contributed by atoms with E-state index in [0.717, 1.165) is 54.2 Å². The van der Waals surface area contributed by atoms with E-state index in [1.54, 1.807) is 11.3 Å². The molecule has 1 aromatic carbocycles. The second-order valence-electron chi connectivity index (χ2n) is 8.76. The first-order valence-corrected chi connectivity index (χ1v) is 12.2. The van der Waals surface area contributed by atoms with Crippen LogP contribution in [0.4, 0.5) is 10.9 Å². The first-order valence-electron chi connectivity index (χ1n) is 11.4. The van der Waals surface area contributed by atoms with Gasteiger partial charge in [-0.05, 0) is 26.7 Å². The minimum absolute atomic E-state index is 0.630. The molecule has 2 aliphatic rings. The van der Waals surface area contributed by atoms with Crippen molar-refractivity contribution in [1.29, 1.82) is 0 Å². The van der Waals surface area contributed by atoms with E-state index < -0.39 is 0 Å². The third kappa shape index (κ3) is 4.56. The molecule has 0 bridgehead atoms. The number of hydrogen-bond donors (Lipinski definition) is 0. The Kier molecular flexibility index (Phi) is 5.85. The maximum absolute atomic E-state index is 4.73. The first-order chi connectivity index (χ1) is 15.2. The summed E-state index contributed by atoms with van der Waals surface area (Å²) in [5.41, 5.74) is 3.39. The van der Waals surface area contributed by atoms with Crippen molar-refractivity contribution in [2.45, 2.75) is 51.9 Å². The van der Waals surface area contributed by atoms with Crippen LogP contribution in [-0.4, -0.2) is 46.3 Å². The van der Waals surface area contributed by atoms with Crippen molar-refractivity contribution in [3.8, 4) is 11.3 Å². The van der Waals surface area contributed by atoms with E-state index >= 15 is 0 Å². The van der Waals surface area contributed by atoms with Gasteiger partial charge in [0.05, 0.1) is 5.69 Å². The van der Waals surface area contributed by atoms with Gasteiger partial charge in [-0.15, -0.1) is 10.2 Å². The van der Waals surface area contributed by atoms with Gasteiger partial charge < -0.3 is 9.80 Å². The molecule has 1 aliphatic heterocycles. The summed E-state index contributed by atoms with van der Waals surface area (Å²) in [5, 5.41) is 11.4. The van der Waals surface area contributed by atoms with Crippen LogP contribution in [0.2, 0.25) is 0 Å². The number of hydrogen-bond acceptors (Lipinski definition) is 7. The molecular formula is C24H30N6S. The van der Waals surface area contributed by atoms with Crippen LogP contribution in [-0.2, 0) is 0 Å². The summed E-state index contributed by atoms with van der Waals surface area (Å²) in [6.45, 7) is 7.84. The average Bonchev–Trinajstić information content (AvgIpc) is 3.30. The Hall–Kier alpha value is -2.54. The normalized spacial score (nSPS) is 17.9. The Morgan fingerprint density at radius 3 is 2.29 bits per heavy atom. The molecule has 5 rings (SSSR count). The lowest BCUT2D eigenvalue weighted by Gasteiger charge is -2.35. The molecule has 0 unspecified atom stereocenters. The van der Waals surface area contributed by atoms with E-state index in [2.05, 4.69) is 62.2 Å². The topological polar surface area (TPSA) is 58.0 Å². The summed E-state index contributed by atoms with van der Waals surface area (Å²) >= 11 is 1.81. The van der Waals surface area contributed by atoms with Crippen LogP contribution >= 0.6 is 11.3 Å². The summed E-state index contributed by atoms with van der Waals surface area (Å²) in [5.74, 6) is 2.46. The molecule has 2 aromatic heterocycles. The number of benzene rings is 1. The van der Waals surface area contributed by atoms with Crippen molar-refractivity contribution < 1.29 is 0 Å². The molecule has 0 amide bonds. The molecule has 1 aliphatic carbocycles. The third-order valence-electron chi connectivity index (χ3n) is 6.43. The number of anilines is 2. The maximum atomic E-state index is 4.73. The second kappa shape index (κ2) is 8.91. The van der Waals surface area contributed by atoms with Gasteiger partial charge >= 0.3 is 0 Å². The summed E-state index contributed by atoms with van der Waals surface area (Å²) in [6.07, 6.45) is 6.60. The molecule has 31 heavy (non-hydrogen) atoms. The Labute approximate surface area is 188 Å². The van der Waals surface area contributed by atoms with Gasteiger partial charge in [-0.1, -0.05) is 60.4 Å². The molecule has 0 radical (unpaired) electrons. The van der Waals surface area contributed by atoms with Crippen molar-refractivity contribution in [2.75, 3.05) is 36.0 Å². The molecule has 0 spiro atoms. The second-order valence-corrected chi connectivity index (χ2v) is 9.74. The minimum atomic E-state index is 0.630. The number of aryl methyl sites for hydroxylation is 2. The molecule has 3 heterocycles. The van der Waals surface area contributed by atoms with E-state index in [1.165, 1.54) is 42.7 Å². The smallest absolute Gasteiger partial charge is 0.208 e. The number of nitrogens with zero attached hydrogens (tertiary/aromatic N) is 6. The monoisotopic (exact) mass is 434 g/mol. The van der Waals surface area contributed by atoms with Crippen LogP contribution in [0.25, 0.3) is 11.3 Å². The molecule has 162 valence electrons. The van der Waals surface area contributed by atoms with Crippen LogP contribution in [0.5, 0.6) is 0 Å². The van der Waals surface area contributed by atoms with Crippen LogP contribution < -0.4 is 9.80 Å². The van der Waals surface area contributed by atoms with E-state index in [9.17, 15) is 0 Å². The lowest BCUT2D eigenvalue weighted by molar-refractivity contribution is 0.440. The van der Waals surface area contributed by atoms with Gasteiger partial charge in [0.25, 0.3) is 0 Å². The number of rotatable bonds is 4. The molecule has 6 nitrogen and oxygen atoms in total. The number of piperazine rings is 1. The zero-order valence-corrected chi connectivity index (χ0v) is 19.2. The zero-order valence-electron chi connectivity index (χ0n) is 18.4. The lowest BCUT2D eigenvalue weighted by atomic mass is 9.90. The fraction of sp³-hybridized carbons (Fsp3) is 0.500. The summed E-state index contributed by atoms with van der Waals surface area (Å²) in [4.78, 5) is 14.2. The highest BCUT2D eigenvalue weighted by molar-refractivity contribution is 7.15. The lowest BCUT2D eigenvalue weighted by Crippen LogP contribution is -2.46. The molecule has 0 atom stereocenters. The highest BCUT2D eigenvalue weighted by Gasteiger charge is 2.24.